The number of ketones is 1. The molecule has 3 heteroatoms. The number of carbonyl (C=O) groups is 1. The van der Waals surface area contributed by atoms with Gasteiger partial charge in [-0.2, -0.15) is 0 Å². The first-order valence-corrected chi connectivity index (χ1v) is 9.01. The van der Waals surface area contributed by atoms with Crippen LogP contribution in [0.2, 0.25) is 0 Å². The SMILES string of the molecule is CCc1cc2cc(C(=O)C3CCC(OC)CC3)c(C)cc2nc1C. The highest BCUT2D eigenvalue weighted by atomic mass is 16.5. The van der Waals surface area contributed by atoms with Crippen molar-refractivity contribution in [2.75, 3.05) is 7.11 Å². The monoisotopic (exact) mass is 325 g/mol. The summed E-state index contributed by atoms with van der Waals surface area (Å²) in [5, 5.41) is 1.08. The van der Waals surface area contributed by atoms with Gasteiger partial charge in [0.2, 0.25) is 0 Å². The Kier molecular flexibility index (Phi) is 5.00. The zero-order valence-corrected chi connectivity index (χ0v) is 15.2. The van der Waals surface area contributed by atoms with E-state index in [-0.39, 0.29) is 5.92 Å². The van der Waals surface area contributed by atoms with E-state index < -0.39 is 0 Å². The van der Waals surface area contributed by atoms with E-state index in [2.05, 4.69) is 32.0 Å². The number of fused-ring (bicyclic) bond motifs is 1. The number of carbonyl (C=O) groups excluding carboxylic acids is 1. The molecule has 1 heterocycles. The molecule has 0 N–H and O–H groups in total. The zero-order valence-electron chi connectivity index (χ0n) is 15.2. The van der Waals surface area contributed by atoms with Crippen molar-refractivity contribution < 1.29 is 9.53 Å². The molecule has 0 unspecified atom stereocenters. The van der Waals surface area contributed by atoms with Crippen LogP contribution in [0.25, 0.3) is 10.9 Å². The van der Waals surface area contributed by atoms with E-state index in [0.29, 0.717) is 11.9 Å². The van der Waals surface area contributed by atoms with Crippen molar-refractivity contribution in [3.05, 3.63) is 40.6 Å². The van der Waals surface area contributed by atoms with Crippen LogP contribution in [0.3, 0.4) is 0 Å². The van der Waals surface area contributed by atoms with Crippen molar-refractivity contribution >= 4 is 16.7 Å². The van der Waals surface area contributed by atoms with Gasteiger partial charge < -0.3 is 4.74 Å². The molecule has 1 saturated carbocycles. The maximum atomic E-state index is 13.0. The number of ether oxygens (including phenoxy) is 1. The minimum Gasteiger partial charge on any atom is -0.381 e. The molecule has 0 bridgehead atoms. The van der Waals surface area contributed by atoms with Gasteiger partial charge in [0.25, 0.3) is 0 Å². The van der Waals surface area contributed by atoms with Crippen molar-refractivity contribution in [2.45, 2.75) is 59.0 Å². The summed E-state index contributed by atoms with van der Waals surface area (Å²) in [5.41, 5.74) is 5.24. The van der Waals surface area contributed by atoms with Gasteiger partial charge in [-0.25, -0.2) is 0 Å². The summed E-state index contributed by atoms with van der Waals surface area (Å²) in [7, 11) is 1.76. The number of Topliss-reactive ketones (excluding diaryl/α,β-unsaturated/α-hetero) is 1. The fraction of sp³-hybridized carbons (Fsp3) is 0.524. The lowest BCUT2D eigenvalue weighted by molar-refractivity contribution is 0.0519. The van der Waals surface area contributed by atoms with Crippen LogP contribution >= 0.6 is 0 Å². The van der Waals surface area contributed by atoms with Crippen LogP contribution < -0.4 is 0 Å². The van der Waals surface area contributed by atoms with Crippen molar-refractivity contribution in [3.63, 3.8) is 0 Å². The predicted octanol–water partition coefficient (Wildman–Crippen LogP) is 4.80. The number of hydrogen-bond acceptors (Lipinski definition) is 3. The number of methoxy groups -OCH3 is 1. The van der Waals surface area contributed by atoms with Crippen LogP contribution in [0.4, 0.5) is 0 Å². The molecule has 1 aliphatic carbocycles. The first-order chi connectivity index (χ1) is 11.5. The van der Waals surface area contributed by atoms with E-state index in [9.17, 15) is 4.79 Å². The molecule has 0 aliphatic heterocycles. The van der Waals surface area contributed by atoms with Crippen LogP contribution in [0.15, 0.2) is 18.2 Å². The third-order valence-electron chi connectivity index (χ3n) is 5.48. The third kappa shape index (κ3) is 3.23. The topological polar surface area (TPSA) is 39.2 Å². The Morgan fingerprint density at radius 2 is 1.88 bits per heavy atom. The highest BCUT2D eigenvalue weighted by molar-refractivity contribution is 6.02. The Morgan fingerprint density at radius 1 is 1.17 bits per heavy atom. The molecule has 1 aromatic heterocycles. The number of benzene rings is 1. The molecule has 3 nitrogen and oxygen atoms in total. The molecular weight excluding hydrogens is 298 g/mol. The number of aromatic nitrogens is 1. The quantitative estimate of drug-likeness (QED) is 0.758. The van der Waals surface area contributed by atoms with Crippen molar-refractivity contribution in [1.82, 2.24) is 4.98 Å². The predicted molar refractivity (Wildman–Crippen MR) is 97.7 cm³/mol. The first-order valence-electron chi connectivity index (χ1n) is 9.01. The van der Waals surface area contributed by atoms with Crippen molar-refractivity contribution in [2.24, 2.45) is 5.92 Å². The van der Waals surface area contributed by atoms with Gasteiger partial charge in [-0.15, -0.1) is 0 Å². The first kappa shape index (κ1) is 17.1. The molecule has 0 saturated heterocycles. The van der Waals surface area contributed by atoms with Crippen molar-refractivity contribution in [1.29, 1.82) is 0 Å². The van der Waals surface area contributed by atoms with E-state index >= 15 is 0 Å². The van der Waals surface area contributed by atoms with Gasteiger partial charge in [0, 0.05) is 29.7 Å². The minimum absolute atomic E-state index is 0.136. The number of aryl methyl sites for hydroxylation is 3. The van der Waals surface area contributed by atoms with E-state index in [4.69, 9.17) is 9.72 Å². The standard InChI is InChI=1S/C21H27NO2/c1-5-15-11-17-12-19(13(2)10-20(17)22-14(15)3)21(23)16-6-8-18(24-4)9-7-16/h10-12,16,18H,5-9H2,1-4H3. The highest BCUT2D eigenvalue weighted by Crippen LogP contribution is 2.31. The molecule has 0 radical (unpaired) electrons. The van der Waals surface area contributed by atoms with Gasteiger partial charge in [-0.1, -0.05) is 6.92 Å². The fourth-order valence-electron chi connectivity index (χ4n) is 3.87. The molecule has 2 aromatic rings. The lowest BCUT2D eigenvalue weighted by Crippen LogP contribution is -2.26. The summed E-state index contributed by atoms with van der Waals surface area (Å²) >= 11 is 0. The molecule has 0 amide bonds. The maximum absolute atomic E-state index is 13.0. The van der Waals surface area contributed by atoms with Crippen LogP contribution in [0, 0.1) is 19.8 Å². The van der Waals surface area contributed by atoms with E-state index in [0.717, 1.165) is 59.8 Å². The van der Waals surface area contributed by atoms with Gasteiger partial charge in [0.1, 0.15) is 0 Å². The summed E-state index contributed by atoms with van der Waals surface area (Å²) in [6, 6.07) is 6.31. The van der Waals surface area contributed by atoms with Gasteiger partial charge in [0.15, 0.2) is 5.78 Å². The van der Waals surface area contributed by atoms with Crippen LogP contribution in [0.1, 0.15) is 59.8 Å². The molecule has 3 rings (SSSR count). The molecule has 128 valence electrons. The Bertz CT molecular complexity index is 758. The average Bonchev–Trinajstić information content (AvgIpc) is 2.60. The highest BCUT2D eigenvalue weighted by Gasteiger charge is 2.27. The second kappa shape index (κ2) is 7.02. The lowest BCUT2D eigenvalue weighted by Gasteiger charge is -2.27. The van der Waals surface area contributed by atoms with Gasteiger partial charge in [0.05, 0.1) is 11.6 Å². The normalized spacial score (nSPS) is 21.2. The number of rotatable bonds is 4. The second-order valence-electron chi connectivity index (χ2n) is 7.02. The molecule has 1 aromatic carbocycles. The minimum atomic E-state index is 0.136. The Hall–Kier alpha value is -1.74. The number of hydrogen-bond donors (Lipinski definition) is 0. The Morgan fingerprint density at radius 3 is 2.50 bits per heavy atom. The maximum Gasteiger partial charge on any atom is 0.166 e. The second-order valence-corrected chi connectivity index (χ2v) is 7.02. The molecule has 24 heavy (non-hydrogen) atoms. The van der Waals surface area contributed by atoms with Gasteiger partial charge in [-0.3, -0.25) is 9.78 Å². The summed E-state index contributed by atoms with van der Waals surface area (Å²) in [6.07, 6.45) is 5.13. The van der Waals surface area contributed by atoms with Crippen molar-refractivity contribution in [3.8, 4) is 0 Å². The number of nitrogens with zero attached hydrogens (tertiary/aromatic N) is 1. The molecule has 1 fully saturated rings. The van der Waals surface area contributed by atoms with Gasteiger partial charge in [-0.05, 0) is 75.3 Å². The van der Waals surface area contributed by atoms with Crippen LogP contribution in [-0.2, 0) is 11.2 Å². The van der Waals surface area contributed by atoms with E-state index in [1.807, 2.05) is 6.92 Å². The average molecular weight is 325 g/mol. The lowest BCUT2D eigenvalue weighted by atomic mass is 9.81. The van der Waals surface area contributed by atoms with E-state index in [1.54, 1.807) is 7.11 Å². The smallest absolute Gasteiger partial charge is 0.166 e. The van der Waals surface area contributed by atoms with E-state index in [1.165, 1.54) is 5.56 Å². The third-order valence-corrected chi connectivity index (χ3v) is 5.48. The van der Waals surface area contributed by atoms with Gasteiger partial charge >= 0.3 is 0 Å². The Labute approximate surface area is 144 Å². The summed E-state index contributed by atoms with van der Waals surface area (Å²) in [5.74, 6) is 0.430. The van der Waals surface area contributed by atoms with Crippen LogP contribution in [0.5, 0.6) is 0 Å². The fourth-order valence-corrected chi connectivity index (χ4v) is 3.87. The molecule has 0 spiro atoms. The summed E-state index contributed by atoms with van der Waals surface area (Å²) in [4.78, 5) is 17.7. The molecule has 1 aliphatic rings. The zero-order chi connectivity index (χ0) is 17.3. The number of pyridine rings is 1. The summed E-state index contributed by atoms with van der Waals surface area (Å²) < 4.78 is 5.42. The largest absolute Gasteiger partial charge is 0.381 e. The molecular formula is C21H27NO2. The Balaban J connectivity index is 1.92. The molecule has 0 atom stereocenters. The van der Waals surface area contributed by atoms with Crippen LogP contribution in [-0.4, -0.2) is 24.0 Å². The summed E-state index contributed by atoms with van der Waals surface area (Å²) in [6.45, 7) is 6.23.